The molecule has 1 saturated carbocycles. The van der Waals surface area contributed by atoms with Crippen LogP contribution < -0.4 is 4.72 Å². The first-order valence-electron chi connectivity index (χ1n) is 13.4. The number of alkyl halides is 3. The van der Waals surface area contributed by atoms with Crippen molar-refractivity contribution in [1.82, 2.24) is 24.1 Å². The number of aryl methyl sites for hydroxylation is 1. The Morgan fingerprint density at radius 1 is 1.33 bits per heavy atom. The van der Waals surface area contributed by atoms with Crippen LogP contribution in [-0.2, 0) is 11.8 Å². The fourth-order valence-corrected chi connectivity index (χ4v) is 4.81. The van der Waals surface area contributed by atoms with Gasteiger partial charge >= 0.3 is 6.09 Å². The maximum atomic E-state index is 12.6. The smallest absolute Gasteiger partial charge is 0.410 e. The second-order valence-electron chi connectivity index (χ2n) is 11.1. The van der Waals surface area contributed by atoms with Gasteiger partial charge in [-0.15, -0.1) is 28.5 Å². The highest BCUT2D eigenvalue weighted by atomic mass is 35.5. The van der Waals surface area contributed by atoms with Crippen LogP contribution in [0.2, 0.25) is 0 Å². The lowest BCUT2D eigenvalue weighted by atomic mass is 10.1. The van der Waals surface area contributed by atoms with Gasteiger partial charge in [-0.3, -0.25) is 4.72 Å². The molecule has 1 aromatic rings. The van der Waals surface area contributed by atoms with E-state index in [0.717, 1.165) is 47.0 Å². The third-order valence-corrected chi connectivity index (χ3v) is 8.02. The summed E-state index contributed by atoms with van der Waals surface area (Å²) in [5.41, 5.74) is 1.87. The molecule has 0 radical (unpaired) electrons. The molecule has 0 spiro atoms. The highest BCUT2D eigenvalue weighted by Crippen LogP contribution is 2.38. The van der Waals surface area contributed by atoms with Crippen molar-refractivity contribution >= 4 is 58.9 Å². The molecule has 3 rings (SSSR count). The van der Waals surface area contributed by atoms with Crippen molar-refractivity contribution in [1.29, 1.82) is 0 Å². The SMILES string of the molecule is C=C(/C=C(\c1cnc(C)n1C)N1CCN(C(=O)OC(C)(C)C)[C@@H](C)C1)SNC1(C)CC1.C=N/N=C(\SC)C(F)F.CCl. The number of hydrogen-bond donors (Lipinski definition) is 1. The van der Waals surface area contributed by atoms with Gasteiger partial charge in [-0.2, -0.15) is 5.10 Å². The lowest BCUT2D eigenvalue weighted by Crippen LogP contribution is -2.54. The number of aromatic nitrogens is 2. The molecule has 0 unspecified atom stereocenters. The Bertz CT molecular complexity index is 1120. The second kappa shape index (κ2) is 17.3. The third-order valence-electron chi connectivity index (χ3n) is 6.37. The number of ether oxygens (including phenoxy) is 1. The van der Waals surface area contributed by atoms with Gasteiger partial charge in [0.25, 0.3) is 6.43 Å². The van der Waals surface area contributed by atoms with Gasteiger partial charge in [0.1, 0.15) is 11.4 Å². The molecule has 9 nitrogen and oxygen atoms in total. The number of halogens is 3. The zero-order valence-electron chi connectivity index (χ0n) is 26.2. The molecule has 2 fully saturated rings. The van der Waals surface area contributed by atoms with Crippen LogP contribution in [-0.4, -0.2) is 93.1 Å². The summed E-state index contributed by atoms with van der Waals surface area (Å²) in [6.07, 6.45) is 6.66. The maximum Gasteiger partial charge on any atom is 0.410 e. The summed E-state index contributed by atoms with van der Waals surface area (Å²) < 4.78 is 34.5. The fourth-order valence-electron chi connectivity index (χ4n) is 3.74. The number of allylic oxidation sites excluding steroid dienone is 1. The van der Waals surface area contributed by atoms with Crippen LogP contribution in [0.1, 0.15) is 59.0 Å². The van der Waals surface area contributed by atoms with Gasteiger partial charge in [0, 0.05) is 56.3 Å². The van der Waals surface area contributed by atoms with Crippen molar-refractivity contribution in [3.05, 3.63) is 35.3 Å². The quantitative estimate of drug-likeness (QED) is 0.0828. The Morgan fingerprint density at radius 2 is 1.95 bits per heavy atom. The minimum atomic E-state index is -2.54. The Morgan fingerprint density at radius 3 is 2.36 bits per heavy atom. The largest absolute Gasteiger partial charge is 0.444 e. The van der Waals surface area contributed by atoms with Crippen LogP contribution in [0.15, 0.2) is 34.0 Å². The summed E-state index contributed by atoms with van der Waals surface area (Å²) in [6, 6.07) is 0.0331. The number of nitrogens with zero attached hydrogens (tertiary/aromatic N) is 6. The van der Waals surface area contributed by atoms with Gasteiger partial charge < -0.3 is 19.1 Å². The zero-order chi connectivity index (χ0) is 32.3. The zero-order valence-corrected chi connectivity index (χ0v) is 28.6. The molecular weight excluding hydrogens is 604 g/mol. The van der Waals surface area contributed by atoms with Gasteiger partial charge in [0.05, 0.1) is 17.6 Å². The third kappa shape index (κ3) is 12.3. The molecule has 2 aliphatic rings. The topological polar surface area (TPSA) is 87.4 Å². The van der Waals surface area contributed by atoms with Gasteiger partial charge in [0.15, 0.2) is 5.04 Å². The van der Waals surface area contributed by atoms with Crippen LogP contribution in [0.3, 0.4) is 0 Å². The number of imidazole rings is 1. The molecule has 238 valence electrons. The van der Waals surface area contributed by atoms with Crippen molar-refractivity contribution in [3.63, 3.8) is 0 Å². The van der Waals surface area contributed by atoms with Crippen molar-refractivity contribution in [2.75, 3.05) is 32.3 Å². The van der Waals surface area contributed by atoms with Crippen LogP contribution in [0.5, 0.6) is 0 Å². The predicted octanol–water partition coefficient (Wildman–Crippen LogP) is 6.80. The number of thioether (sulfide) groups is 1. The molecule has 14 heteroatoms. The van der Waals surface area contributed by atoms with E-state index in [2.05, 4.69) is 74.2 Å². The summed E-state index contributed by atoms with van der Waals surface area (Å²) >= 11 is 7.10. The normalized spacial score (nSPS) is 18.5. The van der Waals surface area contributed by atoms with E-state index < -0.39 is 12.0 Å². The van der Waals surface area contributed by atoms with E-state index in [0.29, 0.717) is 6.54 Å². The van der Waals surface area contributed by atoms with Gasteiger partial charge in [-0.1, -0.05) is 6.58 Å². The van der Waals surface area contributed by atoms with Crippen molar-refractivity contribution in [2.45, 2.75) is 78.0 Å². The molecule has 2 heterocycles. The highest BCUT2D eigenvalue weighted by Gasteiger charge is 2.37. The number of nitrogens with one attached hydrogen (secondary N) is 1. The van der Waals surface area contributed by atoms with E-state index in [1.165, 1.54) is 25.5 Å². The first kappa shape index (κ1) is 37.9. The van der Waals surface area contributed by atoms with Crippen LogP contribution in [0.25, 0.3) is 5.70 Å². The minimum Gasteiger partial charge on any atom is -0.444 e. The molecule has 1 N–H and O–H groups in total. The number of amides is 1. The van der Waals surface area contributed by atoms with Gasteiger partial charge in [-0.05, 0) is 78.7 Å². The molecule has 1 saturated heterocycles. The lowest BCUT2D eigenvalue weighted by molar-refractivity contribution is 0.00694. The van der Waals surface area contributed by atoms with E-state index in [1.807, 2.05) is 45.8 Å². The fraction of sp³-hybridized carbons (Fsp3) is 0.643. The molecule has 0 bridgehead atoms. The Hall–Kier alpha value is -2.09. The molecule has 42 heavy (non-hydrogen) atoms. The van der Waals surface area contributed by atoms with Crippen LogP contribution in [0.4, 0.5) is 13.6 Å². The molecule has 1 atom stereocenters. The number of carbonyl (C=O) groups is 1. The molecule has 0 aromatic carbocycles. The molecular formula is C28H46ClF2N7O2S2. The van der Waals surface area contributed by atoms with Crippen LogP contribution >= 0.6 is 35.3 Å². The standard InChI is InChI=1S/C23H37N5O2S.C4H6F2N2S.CH3Cl/c1-16-15-27(11-12-28(16)21(29)30-22(4,5)6)19(20-14-24-18(3)26(20)8)13-17(2)31-25-23(7)9-10-23;1-7-8-4(9-2)3(5)6;1-2/h13-14,16,25H,2,9-12,15H2,1,3-8H3;3H,1H2,2H3;1H3/b19-13+;8-4-;/t16-;;/m0../s1. The number of hydrogen-bond acceptors (Lipinski definition) is 9. The summed E-state index contributed by atoms with van der Waals surface area (Å²) in [4.78, 5) is 22.2. The first-order chi connectivity index (χ1) is 19.6. The average Bonchev–Trinajstić information content (AvgIpc) is 3.57. The molecule has 1 aromatic heterocycles. The monoisotopic (exact) mass is 649 g/mol. The summed E-state index contributed by atoms with van der Waals surface area (Å²) in [7, 11) is 2.03. The molecule has 1 amide bonds. The molecule has 1 aliphatic carbocycles. The minimum absolute atomic E-state index is 0.0331. The Labute approximate surface area is 263 Å². The van der Waals surface area contributed by atoms with E-state index >= 15 is 0 Å². The number of piperazine rings is 1. The van der Waals surface area contributed by atoms with E-state index in [9.17, 15) is 13.6 Å². The van der Waals surface area contributed by atoms with Crippen molar-refractivity contribution in [3.8, 4) is 0 Å². The van der Waals surface area contributed by atoms with E-state index in [4.69, 9.17) is 4.74 Å². The average molecular weight is 650 g/mol. The summed E-state index contributed by atoms with van der Waals surface area (Å²) in [5, 5.41) is 5.75. The highest BCUT2D eigenvalue weighted by molar-refractivity contribution is 8.13. The lowest BCUT2D eigenvalue weighted by Gasteiger charge is -2.42. The van der Waals surface area contributed by atoms with Crippen molar-refractivity contribution < 1.29 is 18.3 Å². The molecule has 1 aliphatic heterocycles. The van der Waals surface area contributed by atoms with Gasteiger partial charge in [0.2, 0.25) is 0 Å². The predicted molar refractivity (Wildman–Crippen MR) is 176 cm³/mol. The number of rotatable bonds is 8. The summed E-state index contributed by atoms with van der Waals surface area (Å²) in [5.74, 6) is 0.961. The Balaban J connectivity index is 0.000000686. The van der Waals surface area contributed by atoms with Gasteiger partial charge in [-0.25, -0.2) is 18.6 Å². The maximum absolute atomic E-state index is 12.6. The second-order valence-corrected chi connectivity index (χ2v) is 12.8. The Kier molecular flexibility index (Phi) is 15.6. The first-order valence-corrected chi connectivity index (χ1v) is 16.2. The van der Waals surface area contributed by atoms with E-state index in [-0.39, 0.29) is 22.7 Å². The number of carbonyl (C=O) groups excluding carboxylic acids is 1. The summed E-state index contributed by atoms with van der Waals surface area (Å²) in [6.45, 7) is 21.3. The van der Waals surface area contributed by atoms with Crippen molar-refractivity contribution in [2.24, 2.45) is 17.3 Å². The van der Waals surface area contributed by atoms with Crippen LogP contribution in [0, 0.1) is 6.92 Å². The van der Waals surface area contributed by atoms with E-state index in [1.54, 1.807) is 11.9 Å².